The fraction of sp³-hybridized carbons (Fsp3) is 0.833. The topological polar surface area (TPSA) is 24.4 Å². The minimum atomic E-state index is 0.294. The third-order valence-electron chi connectivity index (χ3n) is 1.04. The van der Waals surface area contributed by atoms with Crippen molar-refractivity contribution in [3.8, 4) is 0 Å². The summed E-state index contributed by atoms with van der Waals surface area (Å²) >= 11 is 6.00. The molecule has 1 atom stereocenters. The second-order valence-corrected chi connectivity index (χ2v) is 4.13. The van der Waals surface area contributed by atoms with Crippen LogP contribution in [-0.2, 0) is 0 Å². The zero-order valence-corrected chi connectivity index (χ0v) is 7.88. The molecule has 0 radical (unpaired) electrons. The Balaban J connectivity index is 2.43. The maximum atomic E-state index is 4.35. The van der Waals surface area contributed by atoms with Crippen LogP contribution in [-0.4, -0.2) is 22.3 Å². The molecule has 1 unspecified atom stereocenters. The smallest absolute Gasteiger partial charge is 0.157 e. The molecule has 0 amide bonds. The molecule has 1 rings (SSSR count). The molecule has 1 fully saturated rings. The monoisotopic (exact) mass is 176 g/mol. The van der Waals surface area contributed by atoms with Crippen LogP contribution in [0.1, 0.15) is 13.8 Å². The zero-order chi connectivity index (χ0) is 7.56. The molecule has 0 aliphatic carbocycles. The van der Waals surface area contributed by atoms with Gasteiger partial charge in [0.25, 0.3) is 0 Å². The van der Waals surface area contributed by atoms with E-state index in [0.29, 0.717) is 11.4 Å². The van der Waals surface area contributed by atoms with Crippen LogP contribution in [0.25, 0.3) is 0 Å². The number of nitrogens with one attached hydrogen (secondary N) is 1. The Morgan fingerprint density at radius 3 is 2.90 bits per heavy atom. The Morgan fingerprint density at radius 1 is 1.80 bits per heavy atom. The van der Waals surface area contributed by atoms with Crippen molar-refractivity contribution in [1.82, 2.24) is 5.32 Å². The van der Waals surface area contributed by atoms with Crippen LogP contribution < -0.4 is 5.32 Å². The van der Waals surface area contributed by atoms with E-state index >= 15 is 0 Å². The third-order valence-corrected chi connectivity index (χ3v) is 2.60. The number of rotatable bonds is 1. The van der Waals surface area contributed by atoms with Crippen LogP contribution in [0.2, 0.25) is 0 Å². The second-order valence-electron chi connectivity index (χ2n) is 2.50. The molecule has 4 heteroatoms. The Morgan fingerprint density at radius 2 is 2.50 bits per heavy atom. The molecule has 2 nitrogen and oxygen atoms in total. The van der Waals surface area contributed by atoms with Gasteiger partial charge in [-0.2, -0.15) is 12.6 Å². The van der Waals surface area contributed by atoms with Gasteiger partial charge in [-0.05, 0) is 13.8 Å². The van der Waals surface area contributed by atoms with Crippen LogP contribution in [0.5, 0.6) is 0 Å². The molecule has 0 saturated carbocycles. The molecular formula is C6H12N2S2. The van der Waals surface area contributed by atoms with Crippen LogP contribution >= 0.6 is 24.4 Å². The van der Waals surface area contributed by atoms with Gasteiger partial charge in [-0.3, -0.25) is 4.99 Å². The van der Waals surface area contributed by atoms with E-state index < -0.39 is 0 Å². The lowest BCUT2D eigenvalue weighted by molar-refractivity contribution is 0.824. The van der Waals surface area contributed by atoms with Crippen molar-refractivity contribution in [2.24, 2.45) is 4.99 Å². The van der Waals surface area contributed by atoms with Crippen LogP contribution in [0.4, 0.5) is 0 Å². The molecule has 0 aromatic heterocycles. The number of amidine groups is 1. The average molecular weight is 176 g/mol. The number of hydrogen-bond acceptors (Lipinski definition) is 3. The van der Waals surface area contributed by atoms with Gasteiger partial charge >= 0.3 is 0 Å². The summed E-state index contributed by atoms with van der Waals surface area (Å²) in [5, 5.41) is 4.49. The molecule has 0 bridgehead atoms. The predicted molar refractivity (Wildman–Crippen MR) is 50.9 cm³/mol. The zero-order valence-electron chi connectivity index (χ0n) is 6.16. The summed E-state index contributed by atoms with van der Waals surface area (Å²) in [6.45, 7) is 4.14. The van der Waals surface area contributed by atoms with Gasteiger partial charge in [0.05, 0.1) is 5.37 Å². The molecule has 1 aliphatic rings. The van der Waals surface area contributed by atoms with Crippen molar-refractivity contribution < 1.29 is 0 Å². The van der Waals surface area contributed by atoms with Gasteiger partial charge in [-0.15, -0.1) is 0 Å². The molecule has 1 heterocycles. The maximum absolute atomic E-state index is 4.35. The first-order valence-corrected chi connectivity index (χ1v) is 4.84. The molecule has 0 aromatic rings. The molecule has 1 aliphatic heterocycles. The van der Waals surface area contributed by atoms with E-state index in [1.807, 2.05) is 0 Å². The van der Waals surface area contributed by atoms with Gasteiger partial charge in [-0.25, -0.2) is 0 Å². The van der Waals surface area contributed by atoms with Crippen molar-refractivity contribution in [2.75, 3.05) is 5.75 Å². The molecule has 58 valence electrons. The SMILES string of the molecule is CC(C)/N=C1/NC(S)CS1. The Labute approximate surface area is 71.3 Å². The normalized spacial score (nSPS) is 29.6. The Kier molecular flexibility index (Phi) is 2.92. The minimum Gasteiger partial charge on any atom is -0.353 e. The molecule has 0 spiro atoms. The van der Waals surface area contributed by atoms with Crippen molar-refractivity contribution in [1.29, 1.82) is 0 Å². The Bertz CT molecular complexity index is 145. The lowest BCUT2D eigenvalue weighted by atomic mass is 10.4. The van der Waals surface area contributed by atoms with E-state index in [9.17, 15) is 0 Å². The summed E-state index contributed by atoms with van der Waals surface area (Å²) in [5.41, 5.74) is 0. The van der Waals surface area contributed by atoms with E-state index in [2.05, 4.69) is 36.8 Å². The highest BCUT2D eigenvalue weighted by Gasteiger charge is 2.15. The highest BCUT2D eigenvalue weighted by molar-refractivity contribution is 8.14. The molecule has 0 aromatic carbocycles. The summed E-state index contributed by atoms with van der Waals surface area (Å²) in [6.07, 6.45) is 0. The van der Waals surface area contributed by atoms with Crippen LogP contribution in [0, 0.1) is 0 Å². The largest absolute Gasteiger partial charge is 0.353 e. The summed E-state index contributed by atoms with van der Waals surface area (Å²) in [4.78, 5) is 4.35. The number of thiol groups is 1. The fourth-order valence-corrected chi connectivity index (χ4v) is 2.04. The van der Waals surface area contributed by atoms with Gasteiger partial charge in [0.15, 0.2) is 5.17 Å². The number of aliphatic imine (C=N–C) groups is 1. The first-order chi connectivity index (χ1) is 4.68. The minimum absolute atomic E-state index is 0.294. The van der Waals surface area contributed by atoms with E-state index in [-0.39, 0.29) is 0 Å². The number of thioether (sulfide) groups is 1. The van der Waals surface area contributed by atoms with E-state index in [0.717, 1.165) is 10.9 Å². The van der Waals surface area contributed by atoms with Crippen molar-refractivity contribution >= 4 is 29.6 Å². The molecule has 1 saturated heterocycles. The van der Waals surface area contributed by atoms with Crippen molar-refractivity contribution in [2.45, 2.75) is 25.3 Å². The fourth-order valence-electron chi connectivity index (χ4n) is 0.693. The van der Waals surface area contributed by atoms with Crippen LogP contribution in [0.15, 0.2) is 4.99 Å². The number of hydrogen-bond donors (Lipinski definition) is 2. The van der Waals surface area contributed by atoms with Crippen LogP contribution in [0.3, 0.4) is 0 Å². The number of nitrogens with zero attached hydrogens (tertiary/aromatic N) is 1. The van der Waals surface area contributed by atoms with Crippen molar-refractivity contribution in [3.05, 3.63) is 0 Å². The summed E-state index contributed by atoms with van der Waals surface area (Å²) in [7, 11) is 0. The second kappa shape index (κ2) is 3.53. The Hall–Kier alpha value is 0.170. The average Bonchev–Trinajstić information content (AvgIpc) is 2.13. The third kappa shape index (κ3) is 2.42. The van der Waals surface area contributed by atoms with Crippen molar-refractivity contribution in [3.63, 3.8) is 0 Å². The summed E-state index contributed by atoms with van der Waals surface area (Å²) in [6, 6.07) is 0.383. The summed E-state index contributed by atoms with van der Waals surface area (Å²) < 4.78 is 0. The van der Waals surface area contributed by atoms with Gasteiger partial charge in [0.2, 0.25) is 0 Å². The standard InChI is InChI=1S/C6H12N2S2/c1-4(2)7-6-8-5(9)3-10-6/h4-5,9H,3H2,1-2H3,(H,7,8). The molecular weight excluding hydrogens is 164 g/mol. The van der Waals surface area contributed by atoms with Gasteiger partial charge in [-0.1, -0.05) is 11.8 Å². The summed E-state index contributed by atoms with van der Waals surface area (Å²) in [5.74, 6) is 1.02. The highest BCUT2D eigenvalue weighted by atomic mass is 32.2. The van der Waals surface area contributed by atoms with Gasteiger partial charge in [0.1, 0.15) is 0 Å². The molecule has 10 heavy (non-hydrogen) atoms. The van der Waals surface area contributed by atoms with E-state index in [4.69, 9.17) is 0 Å². The predicted octanol–water partition coefficient (Wildman–Crippen LogP) is 1.34. The van der Waals surface area contributed by atoms with Gasteiger partial charge in [0, 0.05) is 11.8 Å². The first-order valence-electron chi connectivity index (χ1n) is 3.33. The molecule has 1 N–H and O–H groups in total. The first kappa shape index (κ1) is 8.27. The highest BCUT2D eigenvalue weighted by Crippen LogP contribution is 2.15. The van der Waals surface area contributed by atoms with Gasteiger partial charge < -0.3 is 5.32 Å². The lowest BCUT2D eigenvalue weighted by Gasteiger charge is -2.01. The van der Waals surface area contributed by atoms with E-state index in [1.54, 1.807) is 11.8 Å². The maximum Gasteiger partial charge on any atom is 0.157 e. The van der Waals surface area contributed by atoms with E-state index in [1.165, 1.54) is 0 Å². The lowest BCUT2D eigenvalue weighted by Crippen LogP contribution is -2.21. The quantitative estimate of drug-likeness (QED) is 0.589.